The van der Waals surface area contributed by atoms with Gasteiger partial charge in [0, 0.05) is 10.8 Å². The van der Waals surface area contributed by atoms with Crippen molar-refractivity contribution in [3.05, 3.63) is 52.4 Å². The molecule has 1 heterocycles. The van der Waals surface area contributed by atoms with E-state index in [4.69, 9.17) is 21.1 Å². The molecule has 0 atom stereocenters. The highest BCUT2D eigenvalue weighted by atomic mass is 35.5. The molecule has 2 aromatic carbocycles. The summed E-state index contributed by atoms with van der Waals surface area (Å²) in [5.41, 5.74) is 0.501. The van der Waals surface area contributed by atoms with Gasteiger partial charge in [0.2, 0.25) is 0 Å². The molecule has 0 saturated carbocycles. The van der Waals surface area contributed by atoms with E-state index in [0.717, 1.165) is 10.1 Å². The molecule has 0 radical (unpaired) electrons. The number of amides is 1. The standard InChI is InChI=1S/C17H14ClNO3S/c1-21-13-9-14(22-2)12(8-11(13)18)19-17(20)16-7-10-5-3-4-6-15(10)23-16/h3-9H,1-2H3,(H,19,20). The third kappa shape index (κ3) is 3.11. The zero-order chi connectivity index (χ0) is 16.4. The minimum absolute atomic E-state index is 0.203. The molecule has 4 nitrogen and oxygen atoms in total. The Kier molecular flexibility index (Phi) is 4.41. The van der Waals surface area contributed by atoms with Gasteiger partial charge in [-0.3, -0.25) is 4.79 Å². The zero-order valence-electron chi connectivity index (χ0n) is 12.6. The van der Waals surface area contributed by atoms with Crippen LogP contribution in [0.25, 0.3) is 10.1 Å². The van der Waals surface area contributed by atoms with Crippen LogP contribution >= 0.6 is 22.9 Å². The molecule has 118 valence electrons. The Morgan fingerprint density at radius 2 is 1.83 bits per heavy atom. The number of benzene rings is 2. The van der Waals surface area contributed by atoms with Crippen molar-refractivity contribution in [2.45, 2.75) is 0 Å². The van der Waals surface area contributed by atoms with Crippen LogP contribution in [-0.2, 0) is 0 Å². The first-order valence-electron chi connectivity index (χ1n) is 6.84. The first-order valence-corrected chi connectivity index (χ1v) is 8.03. The van der Waals surface area contributed by atoms with E-state index in [2.05, 4.69) is 5.32 Å². The summed E-state index contributed by atoms with van der Waals surface area (Å²) in [6, 6.07) is 13.0. The number of carbonyl (C=O) groups is 1. The number of fused-ring (bicyclic) bond motifs is 1. The second-order valence-corrected chi connectivity index (χ2v) is 6.28. The molecule has 0 aliphatic rings. The van der Waals surface area contributed by atoms with Gasteiger partial charge in [-0.2, -0.15) is 0 Å². The highest BCUT2D eigenvalue weighted by molar-refractivity contribution is 7.20. The predicted molar refractivity (Wildman–Crippen MR) is 94.3 cm³/mol. The lowest BCUT2D eigenvalue weighted by Gasteiger charge is -2.12. The number of rotatable bonds is 4. The van der Waals surface area contributed by atoms with Crippen molar-refractivity contribution in [3.63, 3.8) is 0 Å². The van der Waals surface area contributed by atoms with Gasteiger partial charge < -0.3 is 14.8 Å². The van der Waals surface area contributed by atoms with Crippen molar-refractivity contribution < 1.29 is 14.3 Å². The smallest absolute Gasteiger partial charge is 0.265 e. The van der Waals surface area contributed by atoms with Gasteiger partial charge >= 0.3 is 0 Å². The fraction of sp³-hybridized carbons (Fsp3) is 0.118. The van der Waals surface area contributed by atoms with E-state index in [0.29, 0.717) is 27.1 Å². The largest absolute Gasteiger partial charge is 0.495 e. The molecule has 1 aromatic heterocycles. The van der Waals surface area contributed by atoms with Gasteiger partial charge in [0.15, 0.2) is 0 Å². The van der Waals surface area contributed by atoms with Crippen LogP contribution in [0.2, 0.25) is 5.02 Å². The molecular formula is C17H14ClNO3S. The first kappa shape index (κ1) is 15.6. The maximum Gasteiger partial charge on any atom is 0.265 e. The highest BCUT2D eigenvalue weighted by Gasteiger charge is 2.15. The van der Waals surface area contributed by atoms with Crippen LogP contribution in [0.1, 0.15) is 9.67 Å². The van der Waals surface area contributed by atoms with Gasteiger partial charge in [0.1, 0.15) is 11.5 Å². The second-order valence-electron chi connectivity index (χ2n) is 4.79. The minimum Gasteiger partial charge on any atom is -0.495 e. The third-order valence-electron chi connectivity index (χ3n) is 3.37. The molecule has 6 heteroatoms. The number of ether oxygens (including phenoxy) is 2. The van der Waals surface area contributed by atoms with Crippen LogP contribution in [0.4, 0.5) is 5.69 Å². The average Bonchev–Trinajstić information content (AvgIpc) is 2.99. The van der Waals surface area contributed by atoms with Crippen LogP contribution in [0.3, 0.4) is 0 Å². The Morgan fingerprint density at radius 1 is 1.09 bits per heavy atom. The molecule has 3 rings (SSSR count). The molecule has 0 aliphatic heterocycles. The minimum atomic E-state index is -0.203. The average molecular weight is 348 g/mol. The van der Waals surface area contributed by atoms with Crippen LogP contribution in [0, 0.1) is 0 Å². The Bertz CT molecular complexity index is 842. The summed E-state index contributed by atoms with van der Waals surface area (Å²) in [5.74, 6) is 0.773. The molecule has 1 N–H and O–H groups in total. The number of nitrogens with one attached hydrogen (secondary N) is 1. The van der Waals surface area contributed by atoms with Crippen LogP contribution in [0.15, 0.2) is 42.5 Å². The van der Waals surface area contributed by atoms with Gasteiger partial charge in [-0.25, -0.2) is 0 Å². The Hall–Kier alpha value is -2.24. The summed E-state index contributed by atoms with van der Waals surface area (Å²) in [7, 11) is 3.05. The number of hydrogen-bond donors (Lipinski definition) is 1. The van der Waals surface area contributed by atoms with E-state index < -0.39 is 0 Å². The maximum atomic E-state index is 12.5. The van der Waals surface area contributed by atoms with Crippen molar-refractivity contribution in [1.29, 1.82) is 0 Å². The van der Waals surface area contributed by atoms with E-state index in [1.165, 1.54) is 25.6 Å². The Morgan fingerprint density at radius 3 is 2.52 bits per heavy atom. The van der Waals surface area contributed by atoms with Crippen LogP contribution in [0.5, 0.6) is 11.5 Å². The number of carbonyl (C=O) groups excluding carboxylic acids is 1. The topological polar surface area (TPSA) is 47.6 Å². The molecule has 0 bridgehead atoms. The van der Waals surface area contributed by atoms with Gasteiger partial charge in [0.05, 0.1) is 29.8 Å². The molecule has 3 aromatic rings. The lowest BCUT2D eigenvalue weighted by Crippen LogP contribution is -2.11. The van der Waals surface area contributed by atoms with E-state index in [1.807, 2.05) is 30.3 Å². The summed E-state index contributed by atoms with van der Waals surface area (Å²) in [4.78, 5) is 13.1. The lowest BCUT2D eigenvalue weighted by molar-refractivity contribution is 0.103. The normalized spacial score (nSPS) is 10.6. The van der Waals surface area contributed by atoms with Crippen molar-refractivity contribution in [3.8, 4) is 11.5 Å². The van der Waals surface area contributed by atoms with E-state index >= 15 is 0 Å². The quantitative estimate of drug-likeness (QED) is 0.735. The third-order valence-corrected chi connectivity index (χ3v) is 4.78. The number of hydrogen-bond acceptors (Lipinski definition) is 4. The summed E-state index contributed by atoms with van der Waals surface area (Å²) in [6.45, 7) is 0. The van der Waals surface area contributed by atoms with Crippen LogP contribution < -0.4 is 14.8 Å². The summed E-state index contributed by atoms with van der Waals surface area (Å²) < 4.78 is 11.5. The summed E-state index contributed by atoms with van der Waals surface area (Å²) in [5, 5.41) is 4.28. The summed E-state index contributed by atoms with van der Waals surface area (Å²) >= 11 is 7.56. The number of methoxy groups -OCH3 is 2. The monoisotopic (exact) mass is 347 g/mol. The SMILES string of the molecule is COc1cc(OC)c(NC(=O)c2cc3ccccc3s2)cc1Cl. The molecule has 0 fully saturated rings. The fourth-order valence-electron chi connectivity index (χ4n) is 2.24. The molecule has 0 unspecified atom stereocenters. The van der Waals surface area contributed by atoms with Crippen molar-refractivity contribution >= 4 is 44.6 Å². The first-order chi connectivity index (χ1) is 11.1. The zero-order valence-corrected chi connectivity index (χ0v) is 14.1. The highest BCUT2D eigenvalue weighted by Crippen LogP contribution is 2.36. The van der Waals surface area contributed by atoms with Crippen molar-refractivity contribution in [2.24, 2.45) is 0 Å². The number of thiophene rings is 1. The lowest BCUT2D eigenvalue weighted by atomic mass is 10.2. The molecule has 0 aliphatic carbocycles. The van der Waals surface area contributed by atoms with Crippen molar-refractivity contribution in [2.75, 3.05) is 19.5 Å². The van der Waals surface area contributed by atoms with E-state index in [1.54, 1.807) is 12.1 Å². The maximum absolute atomic E-state index is 12.5. The molecule has 0 saturated heterocycles. The Balaban J connectivity index is 1.91. The second kappa shape index (κ2) is 6.48. The predicted octanol–water partition coefficient (Wildman–Crippen LogP) is 4.82. The molecule has 23 heavy (non-hydrogen) atoms. The van der Waals surface area contributed by atoms with Gasteiger partial charge in [-0.15, -0.1) is 11.3 Å². The summed E-state index contributed by atoms with van der Waals surface area (Å²) in [6.07, 6.45) is 0. The van der Waals surface area contributed by atoms with Crippen molar-refractivity contribution in [1.82, 2.24) is 0 Å². The van der Waals surface area contributed by atoms with E-state index in [9.17, 15) is 4.79 Å². The molecular weight excluding hydrogens is 334 g/mol. The van der Waals surface area contributed by atoms with Crippen LogP contribution in [-0.4, -0.2) is 20.1 Å². The molecule has 1 amide bonds. The fourth-order valence-corrected chi connectivity index (χ4v) is 3.43. The van der Waals surface area contributed by atoms with Gasteiger partial charge in [-0.05, 0) is 23.6 Å². The number of halogens is 1. The number of anilines is 1. The van der Waals surface area contributed by atoms with Gasteiger partial charge in [0.25, 0.3) is 5.91 Å². The van der Waals surface area contributed by atoms with E-state index in [-0.39, 0.29) is 5.91 Å². The molecule has 0 spiro atoms. The Labute approximate surface area is 142 Å². The van der Waals surface area contributed by atoms with Gasteiger partial charge in [-0.1, -0.05) is 29.8 Å².